The van der Waals surface area contributed by atoms with Crippen molar-refractivity contribution in [1.29, 1.82) is 0 Å². The lowest BCUT2D eigenvalue weighted by Crippen LogP contribution is -2.10. The summed E-state index contributed by atoms with van der Waals surface area (Å²) >= 11 is 3.47. The van der Waals surface area contributed by atoms with E-state index >= 15 is 0 Å². The van der Waals surface area contributed by atoms with Gasteiger partial charge in [0.15, 0.2) is 0 Å². The molecule has 1 N–H and O–H groups in total. The van der Waals surface area contributed by atoms with Crippen LogP contribution in [0.4, 0.5) is 0 Å². The van der Waals surface area contributed by atoms with Crippen molar-refractivity contribution < 1.29 is 14.6 Å². The zero-order chi connectivity index (χ0) is 16.8. The number of carbonyl (C=O) groups is 1. The molecular weight excluding hydrogens is 360 g/mol. The minimum atomic E-state index is -0.382. The summed E-state index contributed by atoms with van der Waals surface area (Å²) in [6.07, 6.45) is 1.11. The van der Waals surface area contributed by atoms with Gasteiger partial charge in [0.1, 0.15) is 10.2 Å². The van der Waals surface area contributed by atoms with Gasteiger partial charge in [0.05, 0.1) is 18.3 Å². The first kappa shape index (κ1) is 17.7. The summed E-state index contributed by atoms with van der Waals surface area (Å²) in [5, 5.41) is 13.7. The van der Waals surface area contributed by atoms with E-state index in [-0.39, 0.29) is 18.6 Å². The zero-order valence-electron chi connectivity index (χ0n) is 13.3. The first-order valence-electron chi connectivity index (χ1n) is 7.67. The van der Waals surface area contributed by atoms with E-state index in [1.807, 2.05) is 37.3 Å². The fourth-order valence-corrected chi connectivity index (χ4v) is 3.20. The molecule has 0 unspecified atom stereocenters. The predicted octanol–water partition coefficient (Wildman–Crippen LogP) is 3.36. The lowest BCUT2D eigenvalue weighted by atomic mass is 10.1. The molecule has 0 radical (unpaired) electrons. The smallest absolute Gasteiger partial charge is 0.342 e. The Labute approximate surface area is 144 Å². The molecule has 23 heavy (non-hydrogen) atoms. The number of aliphatic hydroxyl groups excluding tert-OH is 1. The number of benzene rings is 1. The Hall–Kier alpha value is -1.66. The molecular formula is C17H21BrN2O3. The Morgan fingerprint density at radius 1 is 1.39 bits per heavy atom. The first-order chi connectivity index (χ1) is 11.1. The molecule has 0 aliphatic rings. The van der Waals surface area contributed by atoms with Gasteiger partial charge in [-0.3, -0.25) is 4.68 Å². The third kappa shape index (κ3) is 4.20. The molecule has 5 nitrogen and oxygen atoms in total. The van der Waals surface area contributed by atoms with Crippen LogP contribution in [0.25, 0.3) is 0 Å². The zero-order valence-corrected chi connectivity index (χ0v) is 14.9. The molecule has 124 valence electrons. The van der Waals surface area contributed by atoms with Crippen molar-refractivity contribution in [2.75, 3.05) is 13.2 Å². The van der Waals surface area contributed by atoms with E-state index in [0.717, 1.165) is 5.56 Å². The van der Waals surface area contributed by atoms with Crippen LogP contribution in [0, 0.1) is 0 Å². The van der Waals surface area contributed by atoms with Crippen LogP contribution in [0.5, 0.6) is 0 Å². The Kier molecular flexibility index (Phi) is 6.36. The van der Waals surface area contributed by atoms with Crippen molar-refractivity contribution in [3.8, 4) is 0 Å². The Morgan fingerprint density at radius 2 is 2.09 bits per heavy atom. The molecule has 0 spiro atoms. The van der Waals surface area contributed by atoms with Gasteiger partial charge in [-0.15, -0.1) is 0 Å². The minimum Gasteiger partial charge on any atom is -0.462 e. The molecule has 0 saturated heterocycles. The topological polar surface area (TPSA) is 64.3 Å². The van der Waals surface area contributed by atoms with E-state index in [9.17, 15) is 4.79 Å². The van der Waals surface area contributed by atoms with E-state index in [0.29, 0.717) is 35.3 Å². The van der Waals surface area contributed by atoms with Crippen molar-refractivity contribution >= 4 is 21.9 Å². The summed E-state index contributed by atoms with van der Waals surface area (Å²) in [6.45, 7) is 4.11. The summed E-state index contributed by atoms with van der Waals surface area (Å²) in [6, 6.07) is 9.85. The minimum absolute atomic E-state index is 0.0212. The molecule has 1 atom stereocenters. The first-order valence-corrected chi connectivity index (χ1v) is 8.46. The maximum atomic E-state index is 12.3. The highest BCUT2D eigenvalue weighted by atomic mass is 79.9. The van der Waals surface area contributed by atoms with Gasteiger partial charge >= 0.3 is 5.97 Å². The molecule has 0 aliphatic heterocycles. The van der Waals surface area contributed by atoms with Crippen LogP contribution < -0.4 is 0 Å². The summed E-state index contributed by atoms with van der Waals surface area (Å²) < 4.78 is 7.51. The van der Waals surface area contributed by atoms with Gasteiger partial charge in [0.25, 0.3) is 0 Å². The molecule has 1 heterocycles. The summed E-state index contributed by atoms with van der Waals surface area (Å²) in [7, 11) is 0. The SMILES string of the molecule is CCOC(=O)c1c(Cc2ccccc2)nn([C@H](C)CCO)c1Br. The fraction of sp³-hybridized carbons (Fsp3) is 0.412. The average molecular weight is 381 g/mol. The number of carbonyl (C=O) groups excluding carboxylic acids is 1. The quantitative estimate of drug-likeness (QED) is 0.747. The van der Waals surface area contributed by atoms with Crippen molar-refractivity contribution in [2.45, 2.75) is 32.7 Å². The van der Waals surface area contributed by atoms with Gasteiger partial charge < -0.3 is 9.84 Å². The van der Waals surface area contributed by atoms with Crippen molar-refractivity contribution in [2.24, 2.45) is 0 Å². The third-order valence-electron chi connectivity index (χ3n) is 3.58. The van der Waals surface area contributed by atoms with Gasteiger partial charge in [0.2, 0.25) is 0 Å². The standard InChI is InChI=1S/C17H21BrN2O3/c1-3-23-17(22)15-14(11-13-7-5-4-6-8-13)19-20(16(15)18)12(2)9-10-21/h4-8,12,21H,3,9-11H2,1-2H3/t12-/m1/s1. The Morgan fingerprint density at radius 3 is 2.70 bits per heavy atom. The van der Waals surface area contributed by atoms with Crippen molar-refractivity contribution in [1.82, 2.24) is 9.78 Å². The van der Waals surface area contributed by atoms with Crippen LogP contribution in [0.1, 0.15) is 47.9 Å². The Balaban J connectivity index is 2.41. The number of aliphatic hydroxyl groups is 1. The number of aromatic nitrogens is 2. The van der Waals surface area contributed by atoms with E-state index in [2.05, 4.69) is 21.0 Å². The largest absolute Gasteiger partial charge is 0.462 e. The number of halogens is 1. The van der Waals surface area contributed by atoms with Gasteiger partial charge in [-0.25, -0.2) is 4.79 Å². The molecule has 0 bridgehead atoms. The highest BCUT2D eigenvalue weighted by Gasteiger charge is 2.25. The molecule has 2 aromatic rings. The molecule has 0 aliphatic carbocycles. The van der Waals surface area contributed by atoms with Gasteiger partial charge in [-0.05, 0) is 41.8 Å². The second-order valence-electron chi connectivity index (χ2n) is 5.30. The van der Waals surface area contributed by atoms with E-state index in [4.69, 9.17) is 9.84 Å². The third-order valence-corrected chi connectivity index (χ3v) is 4.34. The van der Waals surface area contributed by atoms with Crippen LogP contribution in [-0.2, 0) is 11.2 Å². The summed E-state index contributed by atoms with van der Waals surface area (Å²) in [5.74, 6) is -0.382. The van der Waals surface area contributed by atoms with Crippen LogP contribution in [0.3, 0.4) is 0 Å². The normalized spacial score (nSPS) is 12.2. The van der Waals surface area contributed by atoms with Crippen molar-refractivity contribution in [3.05, 3.63) is 51.8 Å². The van der Waals surface area contributed by atoms with E-state index < -0.39 is 0 Å². The average Bonchev–Trinajstić information content (AvgIpc) is 2.85. The molecule has 0 saturated carbocycles. The Bertz CT molecular complexity index is 655. The van der Waals surface area contributed by atoms with Gasteiger partial charge in [-0.1, -0.05) is 30.3 Å². The maximum Gasteiger partial charge on any atom is 0.342 e. The molecule has 1 aromatic carbocycles. The van der Waals surface area contributed by atoms with Crippen LogP contribution >= 0.6 is 15.9 Å². The summed E-state index contributed by atoms with van der Waals surface area (Å²) in [4.78, 5) is 12.3. The molecule has 2 rings (SSSR count). The lowest BCUT2D eigenvalue weighted by molar-refractivity contribution is 0.0524. The van der Waals surface area contributed by atoms with Gasteiger partial charge in [-0.2, -0.15) is 5.10 Å². The van der Waals surface area contributed by atoms with Crippen LogP contribution in [0.15, 0.2) is 34.9 Å². The van der Waals surface area contributed by atoms with E-state index in [1.165, 1.54) is 0 Å². The number of esters is 1. The second-order valence-corrected chi connectivity index (χ2v) is 6.05. The highest BCUT2D eigenvalue weighted by Crippen LogP contribution is 2.27. The van der Waals surface area contributed by atoms with Crippen LogP contribution in [0.2, 0.25) is 0 Å². The number of hydrogen-bond acceptors (Lipinski definition) is 4. The number of nitrogens with zero attached hydrogens (tertiary/aromatic N) is 2. The monoisotopic (exact) mass is 380 g/mol. The summed E-state index contributed by atoms with van der Waals surface area (Å²) in [5.41, 5.74) is 2.21. The molecule has 1 aromatic heterocycles. The van der Waals surface area contributed by atoms with E-state index in [1.54, 1.807) is 11.6 Å². The highest BCUT2D eigenvalue weighted by molar-refractivity contribution is 9.10. The second kappa shape index (κ2) is 8.26. The molecule has 0 fully saturated rings. The van der Waals surface area contributed by atoms with Crippen LogP contribution in [-0.4, -0.2) is 34.1 Å². The fourth-order valence-electron chi connectivity index (χ4n) is 2.38. The maximum absolute atomic E-state index is 12.3. The lowest BCUT2D eigenvalue weighted by Gasteiger charge is -2.11. The number of rotatable bonds is 7. The molecule has 0 amide bonds. The van der Waals surface area contributed by atoms with Crippen molar-refractivity contribution in [3.63, 3.8) is 0 Å². The number of hydrogen-bond donors (Lipinski definition) is 1. The predicted molar refractivity (Wildman–Crippen MR) is 91.5 cm³/mol. The van der Waals surface area contributed by atoms with Gasteiger partial charge in [0, 0.05) is 13.0 Å². The number of ether oxygens (including phenoxy) is 1. The molecule has 6 heteroatoms.